The molecule has 0 spiro atoms. The van der Waals surface area contributed by atoms with Gasteiger partial charge in [-0.15, -0.1) is 0 Å². The van der Waals surface area contributed by atoms with Crippen molar-refractivity contribution in [3.63, 3.8) is 0 Å². The van der Waals surface area contributed by atoms with E-state index in [1.165, 1.54) is 35.7 Å². The highest BCUT2D eigenvalue weighted by atomic mass is 32.2. The molecule has 1 saturated heterocycles. The van der Waals surface area contributed by atoms with Gasteiger partial charge in [0.1, 0.15) is 0 Å². The average Bonchev–Trinajstić information content (AvgIpc) is 2.68. The third-order valence-electron chi connectivity index (χ3n) is 4.27. The molecule has 0 aliphatic carbocycles. The number of rotatable bonds is 4. The van der Waals surface area contributed by atoms with Crippen LogP contribution < -0.4 is 4.90 Å². The fourth-order valence-corrected chi connectivity index (χ4v) is 4.28. The number of nitrogens with zero attached hydrogens (tertiary/aromatic N) is 2. The van der Waals surface area contributed by atoms with Crippen LogP contribution in [0.3, 0.4) is 0 Å². The van der Waals surface area contributed by atoms with Gasteiger partial charge in [0, 0.05) is 31.9 Å². The molecular formula is C18H20N2O4S. The Kier molecular flexibility index (Phi) is 5.06. The smallest absolute Gasteiger partial charge is 0.337 e. The molecule has 0 N–H and O–H groups in total. The fraction of sp³-hybridized carbons (Fsp3) is 0.278. The second kappa shape index (κ2) is 7.25. The van der Waals surface area contributed by atoms with E-state index in [1.54, 1.807) is 0 Å². The Bertz CT molecular complexity index is 827. The van der Waals surface area contributed by atoms with Crippen molar-refractivity contribution in [3.05, 3.63) is 60.2 Å². The Morgan fingerprint density at radius 3 is 2.08 bits per heavy atom. The molecule has 132 valence electrons. The zero-order valence-corrected chi connectivity index (χ0v) is 14.8. The van der Waals surface area contributed by atoms with Crippen LogP contribution in [0.25, 0.3) is 0 Å². The molecule has 6 nitrogen and oxygen atoms in total. The number of hydrogen-bond acceptors (Lipinski definition) is 5. The minimum absolute atomic E-state index is 0.188. The Labute approximate surface area is 147 Å². The number of piperazine rings is 1. The number of methoxy groups -OCH3 is 1. The number of carbonyl (C=O) groups excluding carboxylic acids is 1. The van der Waals surface area contributed by atoms with Crippen LogP contribution in [0, 0.1) is 0 Å². The molecule has 0 saturated carbocycles. The van der Waals surface area contributed by atoms with Crippen molar-refractivity contribution in [2.24, 2.45) is 0 Å². The van der Waals surface area contributed by atoms with E-state index in [4.69, 9.17) is 0 Å². The third kappa shape index (κ3) is 3.67. The lowest BCUT2D eigenvalue weighted by molar-refractivity contribution is 0.0600. The van der Waals surface area contributed by atoms with Gasteiger partial charge in [-0.05, 0) is 36.4 Å². The lowest BCUT2D eigenvalue weighted by atomic mass is 10.2. The molecule has 0 bridgehead atoms. The highest BCUT2D eigenvalue weighted by molar-refractivity contribution is 7.89. The van der Waals surface area contributed by atoms with Crippen molar-refractivity contribution in [2.75, 3.05) is 38.2 Å². The maximum atomic E-state index is 12.8. The zero-order valence-electron chi connectivity index (χ0n) is 14.0. The number of ether oxygens (including phenoxy) is 1. The van der Waals surface area contributed by atoms with Crippen LogP contribution in [0.15, 0.2) is 59.5 Å². The van der Waals surface area contributed by atoms with E-state index in [9.17, 15) is 13.2 Å². The number of esters is 1. The molecule has 0 aromatic heterocycles. The summed E-state index contributed by atoms with van der Waals surface area (Å²) in [4.78, 5) is 13.8. The molecule has 7 heteroatoms. The van der Waals surface area contributed by atoms with Gasteiger partial charge in [-0.25, -0.2) is 13.2 Å². The lowest BCUT2D eigenvalue weighted by Crippen LogP contribution is -2.48. The highest BCUT2D eigenvalue weighted by Crippen LogP contribution is 2.21. The predicted octanol–water partition coefficient (Wildman–Crippen LogP) is 1.98. The Balaban J connectivity index is 1.70. The highest BCUT2D eigenvalue weighted by Gasteiger charge is 2.28. The molecule has 0 amide bonds. The second-order valence-corrected chi connectivity index (χ2v) is 7.68. The first-order valence-electron chi connectivity index (χ1n) is 8.01. The SMILES string of the molecule is COC(=O)c1ccc(S(=O)(=O)N2CCN(c3ccccc3)CC2)cc1. The van der Waals surface area contributed by atoms with Gasteiger partial charge >= 0.3 is 5.97 Å². The van der Waals surface area contributed by atoms with E-state index in [-0.39, 0.29) is 4.90 Å². The van der Waals surface area contributed by atoms with Crippen molar-refractivity contribution in [1.29, 1.82) is 0 Å². The molecule has 1 fully saturated rings. The first-order chi connectivity index (χ1) is 12.0. The summed E-state index contributed by atoms with van der Waals surface area (Å²) >= 11 is 0. The summed E-state index contributed by atoms with van der Waals surface area (Å²) < 4.78 is 31.7. The first-order valence-corrected chi connectivity index (χ1v) is 9.45. The number of carbonyl (C=O) groups is 1. The maximum absolute atomic E-state index is 12.8. The molecule has 0 atom stereocenters. The summed E-state index contributed by atoms with van der Waals surface area (Å²) in [5.74, 6) is -0.486. The van der Waals surface area contributed by atoms with Crippen molar-refractivity contribution >= 4 is 21.7 Å². The van der Waals surface area contributed by atoms with Crippen LogP contribution in [-0.4, -0.2) is 52.0 Å². The van der Waals surface area contributed by atoms with E-state index >= 15 is 0 Å². The van der Waals surface area contributed by atoms with Crippen LogP contribution in [0.4, 0.5) is 5.69 Å². The molecule has 25 heavy (non-hydrogen) atoms. The minimum atomic E-state index is -3.56. The summed E-state index contributed by atoms with van der Waals surface area (Å²) in [5, 5.41) is 0. The lowest BCUT2D eigenvalue weighted by Gasteiger charge is -2.35. The van der Waals surface area contributed by atoms with Crippen LogP contribution >= 0.6 is 0 Å². The monoisotopic (exact) mass is 360 g/mol. The second-order valence-electron chi connectivity index (χ2n) is 5.74. The maximum Gasteiger partial charge on any atom is 0.337 e. The normalized spacial score (nSPS) is 15.8. The van der Waals surface area contributed by atoms with E-state index in [0.29, 0.717) is 31.7 Å². The van der Waals surface area contributed by atoms with Gasteiger partial charge in [-0.1, -0.05) is 18.2 Å². The summed E-state index contributed by atoms with van der Waals surface area (Å²) in [6.07, 6.45) is 0. The number of benzene rings is 2. The van der Waals surface area contributed by atoms with Gasteiger partial charge < -0.3 is 9.64 Å². The molecule has 2 aromatic carbocycles. The van der Waals surface area contributed by atoms with Gasteiger partial charge in [0.15, 0.2) is 0 Å². The zero-order chi connectivity index (χ0) is 17.9. The summed E-state index contributed by atoms with van der Waals surface area (Å²) in [6, 6.07) is 15.8. The van der Waals surface area contributed by atoms with Gasteiger partial charge in [-0.2, -0.15) is 4.31 Å². The van der Waals surface area contributed by atoms with Crippen molar-refractivity contribution in [1.82, 2.24) is 4.31 Å². The predicted molar refractivity (Wildman–Crippen MR) is 95.2 cm³/mol. The van der Waals surface area contributed by atoms with Gasteiger partial charge in [0.05, 0.1) is 17.6 Å². The van der Waals surface area contributed by atoms with Crippen LogP contribution in [0.2, 0.25) is 0 Å². The van der Waals surface area contributed by atoms with Crippen molar-refractivity contribution in [2.45, 2.75) is 4.90 Å². The van der Waals surface area contributed by atoms with Gasteiger partial charge in [0.2, 0.25) is 10.0 Å². The van der Waals surface area contributed by atoms with Crippen molar-refractivity contribution < 1.29 is 17.9 Å². The van der Waals surface area contributed by atoms with E-state index < -0.39 is 16.0 Å². The quantitative estimate of drug-likeness (QED) is 0.780. The minimum Gasteiger partial charge on any atom is -0.465 e. The molecule has 1 heterocycles. The van der Waals surface area contributed by atoms with Crippen LogP contribution in [0.5, 0.6) is 0 Å². The van der Waals surface area contributed by atoms with Gasteiger partial charge in [0.25, 0.3) is 0 Å². The molecule has 1 aliphatic rings. The summed E-state index contributed by atoms with van der Waals surface area (Å²) in [7, 11) is -2.27. The van der Waals surface area contributed by atoms with Crippen LogP contribution in [0.1, 0.15) is 10.4 Å². The molecular weight excluding hydrogens is 340 g/mol. The molecule has 2 aromatic rings. The summed E-state index contributed by atoms with van der Waals surface area (Å²) in [5.41, 5.74) is 1.43. The number of anilines is 1. The Morgan fingerprint density at radius 1 is 0.920 bits per heavy atom. The third-order valence-corrected chi connectivity index (χ3v) is 6.19. The molecule has 3 rings (SSSR count). The molecule has 1 aliphatic heterocycles. The Morgan fingerprint density at radius 2 is 1.52 bits per heavy atom. The summed E-state index contributed by atoms with van der Waals surface area (Å²) in [6.45, 7) is 2.14. The number of sulfonamides is 1. The van der Waals surface area contributed by atoms with E-state index in [1.807, 2.05) is 30.3 Å². The van der Waals surface area contributed by atoms with E-state index in [2.05, 4.69) is 9.64 Å². The average molecular weight is 360 g/mol. The number of para-hydroxylation sites is 1. The van der Waals surface area contributed by atoms with Gasteiger partial charge in [-0.3, -0.25) is 0 Å². The molecule has 0 radical (unpaired) electrons. The van der Waals surface area contributed by atoms with E-state index in [0.717, 1.165) is 5.69 Å². The fourth-order valence-electron chi connectivity index (χ4n) is 2.86. The Hall–Kier alpha value is -2.38. The standard InChI is InChI=1S/C18H20N2O4S/c1-24-18(21)15-7-9-17(10-8-15)25(22,23)20-13-11-19(12-14-20)16-5-3-2-4-6-16/h2-10H,11-14H2,1H3. The van der Waals surface area contributed by atoms with Crippen molar-refractivity contribution in [3.8, 4) is 0 Å². The van der Waals surface area contributed by atoms with Crippen LogP contribution in [-0.2, 0) is 14.8 Å². The first kappa shape index (κ1) is 17.4. The number of hydrogen-bond donors (Lipinski definition) is 0. The topological polar surface area (TPSA) is 66.9 Å². The molecule has 0 unspecified atom stereocenters. The largest absolute Gasteiger partial charge is 0.465 e.